The van der Waals surface area contributed by atoms with Crippen LogP contribution in [0.25, 0.3) is 0 Å². The lowest BCUT2D eigenvalue weighted by molar-refractivity contribution is -0.120. The average molecular weight is 332 g/mol. The molecule has 2 aromatic rings. The van der Waals surface area contributed by atoms with E-state index in [1.807, 2.05) is 42.6 Å². The van der Waals surface area contributed by atoms with Gasteiger partial charge in [-0.1, -0.05) is 6.07 Å². The minimum absolute atomic E-state index is 0.162. The number of hydrogen-bond acceptors (Lipinski definition) is 5. The van der Waals surface area contributed by atoms with Gasteiger partial charge in [0.15, 0.2) is 0 Å². The molecule has 0 aromatic carbocycles. The molecule has 7 heteroatoms. The van der Waals surface area contributed by atoms with Crippen LogP contribution in [0.4, 0.5) is 11.5 Å². The first-order chi connectivity index (χ1) is 11.0. The molecule has 0 saturated carbocycles. The van der Waals surface area contributed by atoms with Gasteiger partial charge in [0.1, 0.15) is 5.82 Å². The van der Waals surface area contributed by atoms with Crippen molar-refractivity contribution in [2.45, 2.75) is 19.4 Å². The molecule has 2 amide bonds. The summed E-state index contributed by atoms with van der Waals surface area (Å²) in [4.78, 5) is 30.6. The SMILES string of the molecule is CC(=O)NC(CC(=O)Nc1ccc(N(C)C)cn1)c1cccs1. The fourth-order valence-electron chi connectivity index (χ4n) is 2.06. The van der Waals surface area contributed by atoms with Crippen molar-refractivity contribution in [3.8, 4) is 0 Å². The molecule has 0 spiro atoms. The second-order valence-corrected chi connectivity index (χ2v) is 6.30. The van der Waals surface area contributed by atoms with Crippen molar-refractivity contribution in [2.75, 3.05) is 24.3 Å². The monoisotopic (exact) mass is 332 g/mol. The molecular formula is C16H20N4O2S. The van der Waals surface area contributed by atoms with Crippen molar-refractivity contribution < 1.29 is 9.59 Å². The van der Waals surface area contributed by atoms with Gasteiger partial charge in [-0.05, 0) is 23.6 Å². The molecule has 0 fully saturated rings. The van der Waals surface area contributed by atoms with Crippen LogP contribution in [0.3, 0.4) is 0 Å². The maximum Gasteiger partial charge on any atom is 0.227 e. The molecule has 2 N–H and O–H groups in total. The normalized spacial score (nSPS) is 11.6. The van der Waals surface area contributed by atoms with E-state index < -0.39 is 0 Å². The van der Waals surface area contributed by atoms with E-state index in [0.717, 1.165) is 10.6 Å². The maximum atomic E-state index is 12.2. The summed E-state index contributed by atoms with van der Waals surface area (Å²) in [6.45, 7) is 1.44. The predicted molar refractivity (Wildman–Crippen MR) is 92.7 cm³/mol. The Hall–Kier alpha value is -2.41. The second-order valence-electron chi connectivity index (χ2n) is 5.32. The Labute approximate surface area is 139 Å². The molecule has 23 heavy (non-hydrogen) atoms. The van der Waals surface area contributed by atoms with Crippen molar-refractivity contribution in [3.63, 3.8) is 0 Å². The quantitative estimate of drug-likeness (QED) is 0.852. The Balaban J connectivity index is 2.00. The van der Waals surface area contributed by atoms with Gasteiger partial charge in [0, 0.05) is 25.9 Å². The molecule has 0 bridgehead atoms. The summed E-state index contributed by atoms with van der Waals surface area (Å²) >= 11 is 1.51. The van der Waals surface area contributed by atoms with E-state index >= 15 is 0 Å². The molecule has 0 saturated heterocycles. The third-order valence-corrected chi connectivity index (χ3v) is 4.17. The number of amides is 2. The molecule has 2 heterocycles. The highest BCUT2D eigenvalue weighted by molar-refractivity contribution is 7.10. The summed E-state index contributed by atoms with van der Waals surface area (Å²) in [6.07, 6.45) is 1.86. The van der Waals surface area contributed by atoms with Crippen LogP contribution >= 0.6 is 11.3 Å². The summed E-state index contributed by atoms with van der Waals surface area (Å²) < 4.78 is 0. The highest BCUT2D eigenvalue weighted by atomic mass is 32.1. The number of nitrogens with one attached hydrogen (secondary N) is 2. The van der Waals surface area contributed by atoms with Crippen LogP contribution in [0, 0.1) is 0 Å². The van der Waals surface area contributed by atoms with Crippen molar-refractivity contribution in [1.29, 1.82) is 0 Å². The zero-order valence-electron chi connectivity index (χ0n) is 13.4. The van der Waals surface area contributed by atoms with E-state index in [4.69, 9.17) is 0 Å². The first kappa shape index (κ1) is 17.0. The smallest absolute Gasteiger partial charge is 0.227 e. The Morgan fingerprint density at radius 2 is 2.09 bits per heavy atom. The Morgan fingerprint density at radius 1 is 1.30 bits per heavy atom. The average Bonchev–Trinajstić information content (AvgIpc) is 3.00. The lowest BCUT2D eigenvalue weighted by atomic mass is 10.1. The van der Waals surface area contributed by atoms with Crippen molar-refractivity contribution in [3.05, 3.63) is 40.7 Å². The van der Waals surface area contributed by atoms with Crippen LogP contribution in [0.5, 0.6) is 0 Å². The molecule has 0 aliphatic carbocycles. The minimum Gasteiger partial charge on any atom is -0.376 e. The molecule has 6 nitrogen and oxygen atoms in total. The molecule has 0 aliphatic heterocycles. The Bertz CT molecular complexity index is 653. The summed E-state index contributed by atoms with van der Waals surface area (Å²) in [5.41, 5.74) is 0.956. The number of rotatable bonds is 6. The van der Waals surface area contributed by atoms with Gasteiger partial charge in [0.2, 0.25) is 11.8 Å². The zero-order valence-corrected chi connectivity index (χ0v) is 14.2. The van der Waals surface area contributed by atoms with Crippen LogP contribution in [0.2, 0.25) is 0 Å². The number of pyridine rings is 1. The van der Waals surface area contributed by atoms with Crippen molar-refractivity contribution in [2.24, 2.45) is 0 Å². The fourth-order valence-corrected chi connectivity index (χ4v) is 2.84. The fraction of sp³-hybridized carbons (Fsp3) is 0.312. The van der Waals surface area contributed by atoms with Gasteiger partial charge in [0.05, 0.1) is 24.3 Å². The predicted octanol–water partition coefficient (Wildman–Crippen LogP) is 2.42. The van der Waals surface area contributed by atoms with E-state index in [-0.39, 0.29) is 24.3 Å². The van der Waals surface area contributed by atoms with Gasteiger partial charge in [-0.2, -0.15) is 0 Å². The van der Waals surface area contributed by atoms with Crippen LogP contribution in [0.1, 0.15) is 24.3 Å². The first-order valence-electron chi connectivity index (χ1n) is 7.19. The topological polar surface area (TPSA) is 74.3 Å². The van der Waals surface area contributed by atoms with E-state index in [2.05, 4.69) is 15.6 Å². The number of aromatic nitrogens is 1. The first-order valence-corrected chi connectivity index (χ1v) is 8.07. The summed E-state index contributed by atoms with van der Waals surface area (Å²) in [5, 5.41) is 7.49. The van der Waals surface area contributed by atoms with E-state index in [1.165, 1.54) is 18.3 Å². The number of carbonyl (C=O) groups is 2. The maximum absolute atomic E-state index is 12.2. The Morgan fingerprint density at radius 3 is 2.61 bits per heavy atom. The van der Waals surface area contributed by atoms with Crippen molar-refractivity contribution in [1.82, 2.24) is 10.3 Å². The molecule has 122 valence electrons. The third-order valence-electron chi connectivity index (χ3n) is 3.19. The van der Waals surface area contributed by atoms with E-state index in [9.17, 15) is 9.59 Å². The number of thiophene rings is 1. The number of anilines is 2. The summed E-state index contributed by atoms with van der Waals surface area (Å²) in [5.74, 6) is 0.139. The molecule has 0 aliphatic rings. The molecule has 2 aromatic heterocycles. The van der Waals surface area contributed by atoms with Gasteiger partial charge in [-0.25, -0.2) is 4.98 Å². The lowest BCUT2D eigenvalue weighted by Crippen LogP contribution is -2.29. The van der Waals surface area contributed by atoms with Crippen LogP contribution in [-0.2, 0) is 9.59 Å². The standard InChI is InChI=1S/C16H20N4O2S/c1-11(21)18-13(14-5-4-8-23-14)9-16(22)19-15-7-6-12(10-17-15)20(2)3/h4-8,10,13H,9H2,1-3H3,(H,18,21)(H,17,19,22). The molecular weight excluding hydrogens is 312 g/mol. The van der Waals surface area contributed by atoms with Crippen LogP contribution in [0.15, 0.2) is 35.8 Å². The largest absolute Gasteiger partial charge is 0.376 e. The van der Waals surface area contributed by atoms with Crippen LogP contribution in [-0.4, -0.2) is 30.9 Å². The zero-order chi connectivity index (χ0) is 16.8. The highest BCUT2D eigenvalue weighted by Crippen LogP contribution is 2.22. The molecule has 1 unspecified atom stereocenters. The summed E-state index contributed by atoms with van der Waals surface area (Å²) in [6, 6.07) is 7.11. The summed E-state index contributed by atoms with van der Waals surface area (Å²) in [7, 11) is 3.85. The number of hydrogen-bond donors (Lipinski definition) is 2. The highest BCUT2D eigenvalue weighted by Gasteiger charge is 2.18. The van der Waals surface area contributed by atoms with Gasteiger partial charge in [-0.3, -0.25) is 9.59 Å². The number of nitrogens with zero attached hydrogens (tertiary/aromatic N) is 2. The van der Waals surface area contributed by atoms with Gasteiger partial charge < -0.3 is 15.5 Å². The number of carbonyl (C=O) groups excluding carboxylic acids is 2. The van der Waals surface area contributed by atoms with Gasteiger partial charge in [0.25, 0.3) is 0 Å². The molecule has 0 radical (unpaired) electrons. The second kappa shape index (κ2) is 7.73. The van der Waals surface area contributed by atoms with E-state index in [1.54, 1.807) is 12.3 Å². The van der Waals surface area contributed by atoms with Crippen molar-refractivity contribution >= 4 is 34.7 Å². The Kier molecular flexibility index (Phi) is 5.70. The third kappa shape index (κ3) is 5.07. The minimum atomic E-state index is -0.325. The van der Waals surface area contributed by atoms with E-state index in [0.29, 0.717) is 5.82 Å². The lowest BCUT2D eigenvalue weighted by Gasteiger charge is -2.16. The van der Waals surface area contributed by atoms with Gasteiger partial charge in [-0.15, -0.1) is 11.3 Å². The molecule has 1 atom stereocenters. The van der Waals surface area contributed by atoms with Crippen LogP contribution < -0.4 is 15.5 Å². The van der Waals surface area contributed by atoms with Gasteiger partial charge >= 0.3 is 0 Å². The molecule has 2 rings (SSSR count).